The van der Waals surface area contributed by atoms with Crippen LogP contribution in [-0.4, -0.2) is 40.9 Å². The van der Waals surface area contributed by atoms with Gasteiger partial charge in [0.2, 0.25) is 0 Å². The molecule has 0 spiro atoms. The largest absolute Gasteiger partial charge is 0.497 e. The molecule has 2 heterocycles. The van der Waals surface area contributed by atoms with Crippen LogP contribution in [0.15, 0.2) is 66.1 Å². The maximum absolute atomic E-state index is 6.49. The lowest BCUT2D eigenvalue weighted by Crippen LogP contribution is -2.37. The van der Waals surface area contributed by atoms with Crippen LogP contribution >= 0.6 is 35.0 Å². The lowest BCUT2D eigenvalue weighted by atomic mass is 10.0. The van der Waals surface area contributed by atoms with E-state index in [0.29, 0.717) is 23.2 Å². The van der Waals surface area contributed by atoms with Crippen LogP contribution in [0.1, 0.15) is 12.0 Å². The first kappa shape index (κ1) is 22.5. The summed E-state index contributed by atoms with van der Waals surface area (Å²) in [7, 11) is 1.67. The highest BCUT2D eigenvalue weighted by atomic mass is 35.5. The monoisotopic (exact) mass is 478 g/mol. The maximum atomic E-state index is 6.49. The Morgan fingerprint density at radius 2 is 2.06 bits per heavy atom. The van der Waals surface area contributed by atoms with Crippen molar-refractivity contribution in [2.45, 2.75) is 36.2 Å². The Morgan fingerprint density at radius 1 is 1.23 bits per heavy atom. The Bertz CT molecular complexity index is 985. The summed E-state index contributed by atoms with van der Waals surface area (Å²) in [5.41, 5.74) is 1.21. The van der Waals surface area contributed by atoms with Gasteiger partial charge in [0.25, 0.3) is 0 Å². The highest BCUT2D eigenvalue weighted by molar-refractivity contribution is 7.99. The third-order valence-electron chi connectivity index (χ3n) is 5.17. The van der Waals surface area contributed by atoms with Gasteiger partial charge in [-0.25, -0.2) is 4.98 Å². The van der Waals surface area contributed by atoms with Crippen molar-refractivity contribution in [3.63, 3.8) is 0 Å². The number of aromatic nitrogens is 2. The third-order valence-corrected chi connectivity index (χ3v) is 7.03. The van der Waals surface area contributed by atoms with E-state index in [1.807, 2.05) is 35.0 Å². The zero-order chi connectivity index (χ0) is 21.7. The number of benzene rings is 2. The Labute approximate surface area is 196 Å². The molecule has 1 aromatic heterocycles. The molecule has 0 aliphatic carbocycles. The van der Waals surface area contributed by atoms with Crippen molar-refractivity contribution in [2.24, 2.45) is 0 Å². The fraction of sp³-hybridized carbons (Fsp3) is 0.348. The van der Waals surface area contributed by atoms with E-state index in [9.17, 15) is 0 Å². The molecule has 2 aromatic carbocycles. The van der Waals surface area contributed by atoms with E-state index in [4.69, 9.17) is 37.4 Å². The van der Waals surface area contributed by atoms with Gasteiger partial charge in [-0.2, -0.15) is 0 Å². The van der Waals surface area contributed by atoms with Gasteiger partial charge in [0.1, 0.15) is 5.75 Å². The summed E-state index contributed by atoms with van der Waals surface area (Å²) in [5.74, 6) is 0.875. The van der Waals surface area contributed by atoms with Crippen molar-refractivity contribution in [3.05, 3.63) is 76.8 Å². The molecular formula is C23H24Cl2N2O3S. The highest BCUT2D eigenvalue weighted by Gasteiger charge is 2.41. The number of hydrogen-bond donors (Lipinski definition) is 0. The number of ether oxygens (including phenoxy) is 3. The summed E-state index contributed by atoms with van der Waals surface area (Å²) in [6.45, 7) is 1.12. The SMILES string of the molecule is COc1ccc(CCC2(Cn3ccnc3)OCC(CSc3cc(Cl)ccc3Cl)O2)cc1. The van der Waals surface area contributed by atoms with Gasteiger partial charge in [-0.1, -0.05) is 35.3 Å². The second-order valence-corrected chi connectivity index (χ2v) is 9.34. The van der Waals surface area contributed by atoms with Crippen LogP contribution in [0.25, 0.3) is 0 Å². The Morgan fingerprint density at radius 3 is 2.81 bits per heavy atom. The van der Waals surface area contributed by atoms with Gasteiger partial charge in [-0.3, -0.25) is 0 Å². The lowest BCUT2D eigenvalue weighted by Gasteiger charge is -2.28. The Balaban J connectivity index is 1.41. The third kappa shape index (κ3) is 5.96. The Kier molecular flexibility index (Phi) is 7.46. The standard InChI is InChI=1S/C23H24Cl2N2O3S/c1-28-19-5-2-17(3-6-19)8-9-23(15-27-11-10-26-16-27)29-13-20(30-23)14-31-22-12-18(24)4-7-21(22)25/h2-7,10-12,16,20H,8-9,13-15H2,1H3. The van der Waals surface area contributed by atoms with Crippen molar-refractivity contribution in [1.29, 1.82) is 0 Å². The van der Waals surface area contributed by atoms with E-state index in [2.05, 4.69) is 17.1 Å². The molecule has 3 aromatic rings. The molecule has 1 fully saturated rings. The molecule has 4 rings (SSSR count). The van der Waals surface area contributed by atoms with Gasteiger partial charge in [-0.05, 0) is 42.3 Å². The molecule has 1 aliphatic heterocycles. The van der Waals surface area contributed by atoms with Crippen LogP contribution in [0.2, 0.25) is 10.0 Å². The summed E-state index contributed by atoms with van der Waals surface area (Å²) in [6, 6.07) is 13.6. The van der Waals surface area contributed by atoms with Crippen LogP contribution < -0.4 is 4.74 Å². The van der Waals surface area contributed by atoms with Crippen molar-refractivity contribution in [2.75, 3.05) is 19.5 Å². The summed E-state index contributed by atoms with van der Waals surface area (Å²) >= 11 is 14.0. The van der Waals surface area contributed by atoms with Crippen molar-refractivity contribution in [1.82, 2.24) is 9.55 Å². The maximum Gasteiger partial charge on any atom is 0.187 e. The summed E-state index contributed by atoms with van der Waals surface area (Å²) in [4.78, 5) is 5.10. The smallest absolute Gasteiger partial charge is 0.187 e. The summed E-state index contributed by atoms with van der Waals surface area (Å²) < 4.78 is 20.0. The van der Waals surface area contributed by atoms with Gasteiger partial charge < -0.3 is 18.8 Å². The van der Waals surface area contributed by atoms with Gasteiger partial charge in [0.15, 0.2) is 5.79 Å². The van der Waals surface area contributed by atoms with E-state index < -0.39 is 5.79 Å². The van der Waals surface area contributed by atoms with Crippen LogP contribution in [0.4, 0.5) is 0 Å². The number of aryl methyl sites for hydroxylation is 1. The fourth-order valence-electron chi connectivity index (χ4n) is 3.55. The average Bonchev–Trinajstić information content (AvgIpc) is 3.44. The van der Waals surface area contributed by atoms with E-state index in [1.54, 1.807) is 37.5 Å². The van der Waals surface area contributed by atoms with E-state index in [0.717, 1.165) is 29.2 Å². The molecule has 0 bridgehead atoms. The van der Waals surface area contributed by atoms with Gasteiger partial charge in [0, 0.05) is 34.5 Å². The number of imidazole rings is 1. The first-order valence-corrected chi connectivity index (χ1v) is 11.8. The van der Waals surface area contributed by atoms with Crippen molar-refractivity contribution < 1.29 is 14.2 Å². The van der Waals surface area contributed by atoms with Gasteiger partial charge >= 0.3 is 0 Å². The number of methoxy groups -OCH3 is 1. The summed E-state index contributed by atoms with van der Waals surface area (Å²) in [6.07, 6.45) is 7.00. The molecular weight excluding hydrogens is 455 g/mol. The molecule has 0 N–H and O–H groups in total. The van der Waals surface area contributed by atoms with E-state index >= 15 is 0 Å². The molecule has 0 radical (unpaired) electrons. The Hall–Kier alpha value is -1.70. The minimum Gasteiger partial charge on any atom is -0.497 e. The van der Waals surface area contributed by atoms with Crippen LogP contribution in [-0.2, 0) is 22.4 Å². The molecule has 2 unspecified atom stereocenters. The molecule has 1 saturated heterocycles. The number of hydrogen-bond acceptors (Lipinski definition) is 5. The first-order chi connectivity index (χ1) is 15.0. The number of rotatable bonds is 9. The van der Waals surface area contributed by atoms with Gasteiger partial charge in [-0.15, -0.1) is 11.8 Å². The van der Waals surface area contributed by atoms with E-state index in [1.165, 1.54) is 5.56 Å². The van der Waals surface area contributed by atoms with Crippen LogP contribution in [0.5, 0.6) is 5.75 Å². The topological polar surface area (TPSA) is 45.5 Å². The predicted molar refractivity (Wildman–Crippen MR) is 124 cm³/mol. The number of thioether (sulfide) groups is 1. The molecule has 0 amide bonds. The molecule has 164 valence electrons. The highest BCUT2D eigenvalue weighted by Crippen LogP contribution is 2.35. The second-order valence-electron chi connectivity index (χ2n) is 7.43. The predicted octanol–water partition coefficient (Wildman–Crippen LogP) is 5.74. The van der Waals surface area contributed by atoms with Crippen LogP contribution in [0, 0.1) is 0 Å². The average molecular weight is 479 g/mol. The van der Waals surface area contributed by atoms with Crippen LogP contribution in [0.3, 0.4) is 0 Å². The number of halogens is 2. The molecule has 0 saturated carbocycles. The fourth-order valence-corrected chi connectivity index (χ4v) is 5.01. The zero-order valence-corrected chi connectivity index (χ0v) is 19.5. The zero-order valence-electron chi connectivity index (χ0n) is 17.2. The van der Waals surface area contributed by atoms with E-state index in [-0.39, 0.29) is 6.10 Å². The number of nitrogens with zero attached hydrogens (tertiary/aromatic N) is 2. The molecule has 5 nitrogen and oxygen atoms in total. The molecule has 2 atom stereocenters. The van der Waals surface area contributed by atoms with Crippen molar-refractivity contribution >= 4 is 35.0 Å². The first-order valence-electron chi connectivity index (χ1n) is 10.0. The minimum atomic E-state index is -0.704. The van der Waals surface area contributed by atoms with Gasteiger partial charge in [0.05, 0.1) is 37.7 Å². The molecule has 31 heavy (non-hydrogen) atoms. The minimum absolute atomic E-state index is 0.0422. The summed E-state index contributed by atoms with van der Waals surface area (Å²) in [5, 5.41) is 1.36. The molecule has 8 heteroatoms. The normalized spacial score (nSPS) is 20.8. The quantitative estimate of drug-likeness (QED) is 0.367. The second kappa shape index (κ2) is 10.3. The lowest BCUT2D eigenvalue weighted by molar-refractivity contribution is -0.180. The molecule has 1 aliphatic rings. The van der Waals surface area contributed by atoms with Crippen molar-refractivity contribution in [3.8, 4) is 5.75 Å².